The van der Waals surface area contributed by atoms with Crippen molar-refractivity contribution in [1.82, 2.24) is 0 Å². The Morgan fingerprint density at radius 3 is 2.75 bits per heavy atom. The summed E-state index contributed by atoms with van der Waals surface area (Å²) in [5, 5.41) is 5.85. The number of rotatable bonds is 6. The second kappa shape index (κ2) is 5.82. The summed E-state index contributed by atoms with van der Waals surface area (Å²) in [7, 11) is 0. The van der Waals surface area contributed by atoms with Crippen LogP contribution >= 0.6 is 0 Å². The highest BCUT2D eigenvalue weighted by molar-refractivity contribution is 5.94. The van der Waals surface area contributed by atoms with E-state index in [9.17, 15) is 9.70 Å². The molecule has 0 atom stereocenters. The number of nitrogens with one attached hydrogen (secondary N) is 1. The van der Waals surface area contributed by atoms with Crippen molar-refractivity contribution in [2.24, 2.45) is 16.6 Å². The first-order valence-electron chi connectivity index (χ1n) is 4.90. The first-order chi connectivity index (χ1) is 7.69. The average molecular weight is 222 g/mol. The van der Waals surface area contributed by atoms with Gasteiger partial charge in [0, 0.05) is 12.1 Å². The molecule has 0 saturated carbocycles. The average Bonchev–Trinajstić information content (AvgIpc) is 2.29. The van der Waals surface area contributed by atoms with E-state index in [1.165, 1.54) is 6.07 Å². The van der Waals surface area contributed by atoms with E-state index in [0.717, 1.165) is 6.42 Å². The second-order valence-corrected chi connectivity index (χ2v) is 3.26. The zero-order valence-electron chi connectivity index (χ0n) is 8.77. The van der Waals surface area contributed by atoms with Gasteiger partial charge in [0.05, 0.1) is 5.69 Å². The molecule has 0 bridgehead atoms. The zero-order chi connectivity index (χ0) is 12.0. The van der Waals surface area contributed by atoms with E-state index in [4.69, 9.17) is 11.5 Å². The van der Waals surface area contributed by atoms with Crippen LogP contribution in [0, 0.1) is 4.91 Å². The van der Waals surface area contributed by atoms with Crippen LogP contribution in [0.5, 0.6) is 0 Å². The van der Waals surface area contributed by atoms with Crippen molar-refractivity contribution in [2.45, 2.75) is 6.42 Å². The summed E-state index contributed by atoms with van der Waals surface area (Å²) < 4.78 is 0. The lowest BCUT2D eigenvalue weighted by atomic mass is 10.1. The molecular formula is C10H14N4O2. The summed E-state index contributed by atoms with van der Waals surface area (Å²) in [4.78, 5) is 21.5. The summed E-state index contributed by atoms with van der Waals surface area (Å²) in [6.45, 7) is 1.21. The van der Waals surface area contributed by atoms with Gasteiger partial charge in [0.15, 0.2) is 0 Å². The van der Waals surface area contributed by atoms with Gasteiger partial charge in [0.1, 0.15) is 5.69 Å². The molecule has 1 rings (SSSR count). The Bertz CT molecular complexity index is 392. The largest absolute Gasteiger partial charge is 0.383 e. The molecule has 1 aromatic rings. The molecule has 0 fully saturated rings. The standard InChI is InChI=1S/C10H14N4O2/c11-4-1-5-13-8-3-2-7(10(12)15)6-9(8)14-16/h2-3,6,13H,1,4-5,11H2,(H2,12,15). The monoisotopic (exact) mass is 222 g/mol. The van der Waals surface area contributed by atoms with Gasteiger partial charge in [-0.1, -0.05) is 0 Å². The van der Waals surface area contributed by atoms with Crippen LogP contribution in [0.1, 0.15) is 16.8 Å². The number of benzene rings is 1. The summed E-state index contributed by atoms with van der Waals surface area (Å²) in [5.74, 6) is -0.585. The number of carbonyl (C=O) groups excluding carboxylic acids is 1. The van der Waals surface area contributed by atoms with Gasteiger partial charge in [-0.3, -0.25) is 4.79 Å². The smallest absolute Gasteiger partial charge is 0.248 e. The molecule has 0 aliphatic heterocycles. The number of nitrogens with zero attached hydrogens (tertiary/aromatic N) is 1. The summed E-state index contributed by atoms with van der Waals surface area (Å²) in [6.07, 6.45) is 0.788. The number of carbonyl (C=O) groups is 1. The van der Waals surface area contributed by atoms with Crippen molar-refractivity contribution in [2.75, 3.05) is 18.4 Å². The molecule has 5 N–H and O–H groups in total. The lowest BCUT2D eigenvalue weighted by Crippen LogP contribution is -2.11. The van der Waals surface area contributed by atoms with Crippen LogP contribution in [-0.2, 0) is 0 Å². The highest BCUT2D eigenvalue weighted by Gasteiger charge is 2.07. The van der Waals surface area contributed by atoms with Crippen LogP contribution in [-0.4, -0.2) is 19.0 Å². The van der Waals surface area contributed by atoms with E-state index in [-0.39, 0.29) is 11.3 Å². The van der Waals surface area contributed by atoms with Gasteiger partial charge in [-0.15, -0.1) is 4.91 Å². The highest BCUT2D eigenvalue weighted by atomic mass is 16.3. The first kappa shape index (κ1) is 12.1. The number of nitroso groups, excluding NO2 is 1. The molecule has 86 valence electrons. The molecule has 0 unspecified atom stereocenters. The maximum absolute atomic E-state index is 10.9. The molecule has 0 radical (unpaired) electrons. The van der Waals surface area contributed by atoms with Gasteiger partial charge < -0.3 is 16.8 Å². The molecular weight excluding hydrogens is 208 g/mol. The van der Waals surface area contributed by atoms with Gasteiger partial charge in [-0.05, 0) is 36.3 Å². The van der Waals surface area contributed by atoms with Crippen molar-refractivity contribution >= 4 is 17.3 Å². The SMILES string of the molecule is NCCCNc1ccc(C(N)=O)cc1N=O. The number of anilines is 1. The molecule has 0 aliphatic carbocycles. The van der Waals surface area contributed by atoms with Crippen molar-refractivity contribution in [3.63, 3.8) is 0 Å². The fourth-order valence-corrected chi connectivity index (χ4v) is 1.24. The molecule has 0 aromatic heterocycles. The number of hydrogen-bond acceptors (Lipinski definition) is 5. The van der Waals surface area contributed by atoms with Crippen LogP contribution in [0.15, 0.2) is 23.4 Å². The van der Waals surface area contributed by atoms with E-state index >= 15 is 0 Å². The third-order valence-corrected chi connectivity index (χ3v) is 2.08. The highest BCUT2D eigenvalue weighted by Crippen LogP contribution is 2.25. The summed E-state index contributed by atoms with van der Waals surface area (Å²) in [5.41, 5.74) is 11.4. The van der Waals surface area contributed by atoms with E-state index in [0.29, 0.717) is 18.8 Å². The first-order valence-corrected chi connectivity index (χ1v) is 4.90. The number of nitrogens with two attached hydrogens (primary N) is 2. The van der Waals surface area contributed by atoms with Crippen LogP contribution in [0.4, 0.5) is 11.4 Å². The van der Waals surface area contributed by atoms with Crippen molar-refractivity contribution in [3.8, 4) is 0 Å². The minimum atomic E-state index is -0.585. The summed E-state index contributed by atoms with van der Waals surface area (Å²) >= 11 is 0. The lowest BCUT2D eigenvalue weighted by molar-refractivity contribution is 0.100. The molecule has 0 aliphatic rings. The Hall–Kier alpha value is -1.95. The number of primary amides is 1. The van der Waals surface area contributed by atoms with E-state index in [2.05, 4.69) is 10.5 Å². The Balaban J connectivity index is 2.84. The third-order valence-electron chi connectivity index (χ3n) is 2.08. The van der Waals surface area contributed by atoms with E-state index < -0.39 is 5.91 Å². The Kier molecular flexibility index (Phi) is 4.41. The molecule has 6 nitrogen and oxygen atoms in total. The predicted molar refractivity (Wildman–Crippen MR) is 62.6 cm³/mol. The van der Waals surface area contributed by atoms with Gasteiger partial charge in [0.25, 0.3) is 0 Å². The minimum Gasteiger partial charge on any atom is -0.383 e. The maximum Gasteiger partial charge on any atom is 0.248 e. The quantitative estimate of drug-likeness (QED) is 0.491. The van der Waals surface area contributed by atoms with Crippen LogP contribution < -0.4 is 16.8 Å². The molecule has 0 heterocycles. The lowest BCUT2D eigenvalue weighted by Gasteiger charge is -2.07. The van der Waals surface area contributed by atoms with Crippen LogP contribution in [0.25, 0.3) is 0 Å². The third kappa shape index (κ3) is 3.03. The van der Waals surface area contributed by atoms with E-state index in [1.54, 1.807) is 12.1 Å². The predicted octanol–water partition coefficient (Wildman–Crippen LogP) is 0.944. The van der Waals surface area contributed by atoms with Gasteiger partial charge in [0.2, 0.25) is 5.91 Å². The molecule has 1 aromatic carbocycles. The Morgan fingerprint density at radius 1 is 1.44 bits per heavy atom. The van der Waals surface area contributed by atoms with Gasteiger partial charge in [-0.25, -0.2) is 0 Å². The molecule has 1 amide bonds. The van der Waals surface area contributed by atoms with Gasteiger partial charge in [-0.2, -0.15) is 0 Å². The number of hydrogen-bond donors (Lipinski definition) is 3. The topological polar surface area (TPSA) is 111 Å². The van der Waals surface area contributed by atoms with Crippen LogP contribution in [0.2, 0.25) is 0 Å². The Morgan fingerprint density at radius 2 is 2.19 bits per heavy atom. The van der Waals surface area contributed by atoms with Crippen LogP contribution in [0.3, 0.4) is 0 Å². The molecule has 0 spiro atoms. The van der Waals surface area contributed by atoms with Crippen molar-refractivity contribution < 1.29 is 4.79 Å². The van der Waals surface area contributed by atoms with Crippen molar-refractivity contribution in [1.29, 1.82) is 0 Å². The summed E-state index contributed by atoms with van der Waals surface area (Å²) in [6, 6.07) is 4.51. The fourth-order valence-electron chi connectivity index (χ4n) is 1.24. The normalized spacial score (nSPS) is 9.81. The van der Waals surface area contributed by atoms with Crippen molar-refractivity contribution in [3.05, 3.63) is 28.7 Å². The van der Waals surface area contributed by atoms with Gasteiger partial charge >= 0.3 is 0 Å². The fraction of sp³-hybridized carbons (Fsp3) is 0.300. The molecule has 0 saturated heterocycles. The Labute approximate surface area is 93.0 Å². The van der Waals surface area contributed by atoms with E-state index in [1.807, 2.05) is 0 Å². The second-order valence-electron chi connectivity index (χ2n) is 3.26. The number of amides is 1. The molecule has 6 heteroatoms. The minimum absolute atomic E-state index is 0.174. The zero-order valence-corrected chi connectivity index (χ0v) is 8.77. The maximum atomic E-state index is 10.9. The molecule has 16 heavy (non-hydrogen) atoms.